The van der Waals surface area contributed by atoms with E-state index >= 15 is 0 Å². The molecule has 144 valence electrons. The van der Waals surface area contributed by atoms with Crippen molar-refractivity contribution in [2.45, 2.75) is 20.4 Å². The molecule has 0 unspecified atom stereocenters. The molecule has 0 spiro atoms. The first-order valence-corrected chi connectivity index (χ1v) is 8.92. The van der Waals surface area contributed by atoms with Crippen molar-refractivity contribution < 1.29 is 19.0 Å². The monoisotopic (exact) mass is 378 g/mol. The zero-order chi connectivity index (χ0) is 20.3. The molecular weight excluding hydrogens is 356 g/mol. The van der Waals surface area contributed by atoms with Crippen LogP contribution in [0.4, 0.5) is 0 Å². The third kappa shape index (κ3) is 3.52. The van der Waals surface area contributed by atoms with E-state index in [1.165, 1.54) is 7.11 Å². The number of allylic oxidation sites excluding steroid dienone is 2. The number of ketones is 1. The van der Waals surface area contributed by atoms with Gasteiger partial charge in [0.05, 0.1) is 7.11 Å². The van der Waals surface area contributed by atoms with Gasteiger partial charge >= 0.3 is 0 Å². The second-order valence-electron chi connectivity index (χ2n) is 6.43. The molecule has 0 amide bonds. The number of ether oxygens (including phenoxy) is 3. The summed E-state index contributed by atoms with van der Waals surface area (Å²) in [6.45, 7) is 9.03. The number of carbonyl (C=O) groups is 1. The highest BCUT2D eigenvalue weighted by Gasteiger charge is 2.21. The van der Waals surface area contributed by atoms with Gasteiger partial charge in [0.1, 0.15) is 24.9 Å². The predicted molar refractivity (Wildman–Crippen MR) is 106 cm³/mol. The van der Waals surface area contributed by atoms with Crippen molar-refractivity contribution in [3.05, 3.63) is 58.9 Å². The Morgan fingerprint density at radius 3 is 2.75 bits per heavy atom. The van der Waals surface area contributed by atoms with Crippen LogP contribution in [0.15, 0.2) is 36.4 Å². The molecule has 1 aromatic carbocycles. The van der Waals surface area contributed by atoms with E-state index in [-0.39, 0.29) is 11.4 Å². The summed E-state index contributed by atoms with van der Waals surface area (Å²) in [5.41, 5.74) is 2.93. The fourth-order valence-electron chi connectivity index (χ4n) is 3.28. The van der Waals surface area contributed by atoms with Gasteiger partial charge < -0.3 is 18.8 Å². The normalized spacial score (nSPS) is 13.0. The number of hydrogen-bond acceptors (Lipinski definition) is 5. The molecular formula is C22H22N2O4. The molecule has 1 aromatic heterocycles. The van der Waals surface area contributed by atoms with Crippen LogP contribution in [0.2, 0.25) is 0 Å². The highest BCUT2D eigenvalue weighted by atomic mass is 16.6. The van der Waals surface area contributed by atoms with E-state index in [0.29, 0.717) is 48.1 Å². The lowest BCUT2D eigenvalue weighted by molar-refractivity contribution is 0.103. The molecule has 6 nitrogen and oxygen atoms in total. The minimum Gasteiger partial charge on any atom is -0.493 e. The second kappa shape index (κ2) is 8.05. The first-order chi connectivity index (χ1) is 13.5. The van der Waals surface area contributed by atoms with Gasteiger partial charge in [0.2, 0.25) is 11.5 Å². The number of benzene rings is 1. The van der Waals surface area contributed by atoms with Gasteiger partial charge in [-0.1, -0.05) is 6.08 Å². The number of hydrogen-bond donors (Lipinski definition) is 0. The minimum atomic E-state index is -0.320. The summed E-state index contributed by atoms with van der Waals surface area (Å²) in [5, 5.41) is 9.61. The topological polar surface area (TPSA) is 73.5 Å². The van der Waals surface area contributed by atoms with Crippen LogP contribution in [-0.4, -0.2) is 30.7 Å². The Balaban J connectivity index is 2.01. The largest absolute Gasteiger partial charge is 0.493 e. The first-order valence-electron chi connectivity index (χ1n) is 8.92. The second-order valence-corrected chi connectivity index (χ2v) is 6.43. The number of rotatable bonds is 6. The number of nitrogens with zero attached hydrogens (tertiary/aromatic N) is 2. The summed E-state index contributed by atoms with van der Waals surface area (Å²) in [6, 6.07) is 7.29. The number of nitriles is 1. The maximum atomic E-state index is 13.0. The van der Waals surface area contributed by atoms with E-state index in [0.717, 1.165) is 11.4 Å². The lowest BCUT2D eigenvalue weighted by Gasteiger charge is -2.21. The van der Waals surface area contributed by atoms with Gasteiger partial charge in [0, 0.05) is 23.5 Å². The van der Waals surface area contributed by atoms with Crippen molar-refractivity contribution in [2.75, 3.05) is 20.3 Å². The van der Waals surface area contributed by atoms with Gasteiger partial charge in [0.25, 0.3) is 0 Å². The molecule has 2 aromatic rings. The molecule has 1 aliphatic rings. The van der Waals surface area contributed by atoms with Gasteiger partial charge in [-0.25, -0.2) is 0 Å². The van der Waals surface area contributed by atoms with Gasteiger partial charge in [-0.2, -0.15) is 5.26 Å². The Bertz CT molecular complexity index is 991. The smallest absolute Gasteiger partial charge is 0.205 e. The first kappa shape index (κ1) is 19.3. The third-order valence-corrected chi connectivity index (χ3v) is 4.66. The molecule has 0 N–H and O–H groups in total. The van der Waals surface area contributed by atoms with E-state index in [1.807, 2.05) is 24.5 Å². The lowest BCUT2D eigenvalue weighted by Crippen LogP contribution is -2.16. The van der Waals surface area contributed by atoms with Crippen molar-refractivity contribution in [3.8, 4) is 23.3 Å². The number of fused-ring (bicyclic) bond motifs is 1. The maximum Gasteiger partial charge on any atom is 0.205 e. The summed E-state index contributed by atoms with van der Waals surface area (Å²) in [4.78, 5) is 13.0. The molecule has 3 rings (SSSR count). The van der Waals surface area contributed by atoms with Crippen molar-refractivity contribution in [1.82, 2.24) is 4.57 Å². The number of carbonyl (C=O) groups excluding carboxylic acids is 1. The van der Waals surface area contributed by atoms with Crippen LogP contribution in [-0.2, 0) is 6.54 Å². The minimum absolute atomic E-state index is 0.0394. The fourth-order valence-corrected chi connectivity index (χ4v) is 3.28. The number of Topliss-reactive ketones (excluding diaryl/α,β-unsaturated/α-hetero) is 1. The molecule has 0 aliphatic carbocycles. The van der Waals surface area contributed by atoms with Crippen molar-refractivity contribution in [3.63, 3.8) is 0 Å². The third-order valence-electron chi connectivity index (χ3n) is 4.66. The average Bonchev–Trinajstić information content (AvgIpc) is 2.99. The molecule has 0 bridgehead atoms. The Morgan fingerprint density at radius 1 is 1.32 bits per heavy atom. The van der Waals surface area contributed by atoms with Crippen LogP contribution in [0, 0.1) is 25.2 Å². The molecule has 1 aliphatic heterocycles. The SMILES string of the molecule is C=CCn1c(C)cc(C(=O)/C(C#N)=C/c2cc(OC)c3c(c2)OCCO3)c1C. The number of methoxy groups -OCH3 is 1. The highest BCUT2D eigenvalue weighted by Crippen LogP contribution is 2.40. The molecule has 6 heteroatoms. The van der Waals surface area contributed by atoms with E-state index in [9.17, 15) is 10.1 Å². The number of aromatic nitrogens is 1. The maximum absolute atomic E-state index is 13.0. The van der Waals surface area contributed by atoms with Crippen LogP contribution in [0.5, 0.6) is 17.2 Å². The van der Waals surface area contributed by atoms with E-state index < -0.39 is 0 Å². The number of aryl methyl sites for hydroxylation is 1. The quantitative estimate of drug-likeness (QED) is 0.330. The molecule has 0 atom stereocenters. The van der Waals surface area contributed by atoms with Crippen molar-refractivity contribution in [2.24, 2.45) is 0 Å². The average molecular weight is 378 g/mol. The summed E-state index contributed by atoms with van der Waals surface area (Å²) in [5.74, 6) is 1.24. The zero-order valence-corrected chi connectivity index (χ0v) is 16.2. The van der Waals surface area contributed by atoms with Crippen LogP contribution < -0.4 is 14.2 Å². The van der Waals surface area contributed by atoms with Gasteiger partial charge in [-0.3, -0.25) is 4.79 Å². The summed E-state index contributed by atoms with van der Waals surface area (Å²) in [7, 11) is 1.53. The van der Waals surface area contributed by atoms with Gasteiger partial charge in [-0.05, 0) is 43.7 Å². The Labute approximate surface area is 164 Å². The molecule has 0 radical (unpaired) electrons. The summed E-state index contributed by atoms with van der Waals surface area (Å²) < 4.78 is 18.6. The highest BCUT2D eigenvalue weighted by molar-refractivity contribution is 6.14. The summed E-state index contributed by atoms with van der Waals surface area (Å²) >= 11 is 0. The van der Waals surface area contributed by atoms with Crippen LogP contribution >= 0.6 is 0 Å². The Morgan fingerprint density at radius 2 is 2.07 bits per heavy atom. The van der Waals surface area contributed by atoms with E-state index in [4.69, 9.17) is 14.2 Å². The van der Waals surface area contributed by atoms with Crippen molar-refractivity contribution >= 4 is 11.9 Å². The lowest BCUT2D eigenvalue weighted by atomic mass is 10.0. The molecule has 0 fully saturated rings. The molecule has 0 saturated carbocycles. The molecule has 0 saturated heterocycles. The Hall–Kier alpha value is -3.46. The van der Waals surface area contributed by atoms with E-state index in [1.54, 1.807) is 30.4 Å². The standard InChI is InChI=1S/C22H22N2O4/c1-5-6-24-14(2)9-18(15(24)3)21(25)17(13-23)10-16-11-19(26-4)22-20(12-16)27-7-8-28-22/h5,9-12H,1,6-8H2,2-4H3/b17-10+. The zero-order valence-electron chi connectivity index (χ0n) is 16.2. The Kier molecular flexibility index (Phi) is 5.55. The predicted octanol–water partition coefficient (Wildman–Crippen LogP) is 3.86. The van der Waals surface area contributed by atoms with Crippen LogP contribution in [0.1, 0.15) is 27.3 Å². The van der Waals surface area contributed by atoms with Gasteiger partial charge in [0.15, 0.2) is 11.5 Å². The van der Waals surface area contributed by atoms with Gasteiger partial charge in [-0.15, -0.1) is 6.58 Å². The van der Waals surface area contributed by atoms with E-state index in [2.05, 4.69) is 6.58 Å². The van der Waals surface area contributed by atoms with Crippen molar-refractivity contribution in [1.29, 1.82) is 5.26 Å². The fraction of sp³-hybridized carbons (Fsp3) is 0.273. The van der Waals surface area contributed by atoms with Crippen LogP contribution in [0.25, 0.3) is 6.08 Å². The molecule has 28 heavy (non-hydrogen) atoms. The van der Waals surface area contributed by atoms with Crippen LogP contribution in [0.3, 0.4) is 0 Å². The molecule has 2 heterocycles. The summed E-state index contributed by atoms with van der Waals surface area (Å²) in [6.07, 6.45) is 3.32.